The quantitative estimate of drug-likeness (QED) is 0.176. The highest BCUT2D eigenvalue weighted by Crippen LogP contribution is 2.44. The molecular weight excluding hydrogens is 924 g/mol. The van der Waals surface area contributed by atoms with Gasteiger partial charge in [-0.1, -0.05) is 24.3 Å². The summed E-state index contributed by atoms with van der Waals surface area (Å²) in [5, 5.41) is 6.08. The average molecular weight is 982 g/mol. The molecule has 360 valence electrons. The highest BCUT2D eigenvalue weighted by atomic mass is 35.5. The summed E-state index contributed by atoms with van der Waals surface area (Å²) in [6, 6.07) is 15.9. The summed E-state index contributed by atoms with van der Waals surface area (Å²) in [6.07, 6.45) is 3.93. The third kappa shape index (κ3) is 9.37. The van der Waals surface area contributed by atoms with Crippen LogP contribution in [0.15, 0.2) is 48.5 Å². The van der Waals surface area contributed by atoms with Gasteiger partial charge in [-0.05, 0) is 63.6 Å². The third-order valence-electron chi connectivity index (χ3n) is 12.7. The van der Waals surface area contributed by atoms with Crippen LogP contribution in [0.3, 0.4) is 0 Å². The first-order valence-corrected chi connectivity index (χ1v) is 26.1. The molecule has 23 heteroatoms. The molecule has 10 rings (SSSR count). The number of hydrogen-bond acceptors (Lipinski definition) is 18. The fraction of sp³-hybridized carbons (Fsp3) is 0.500. The summed E-state index contributed by atoms with van der Waals surface area (Å²) in [5.41, 5.74) is 4.32. The molecule has 3 N–H and O–H groups in total. The Labute approximate surface area is 395 Å². The summed E-state index contributed by atoms with van der Waals surface area (Å²) < 4.78 is 72.7. The van der Waals surface area contributed by atoms with Gasteiger partial charge in [0, 0.05) is 52.5 Å². The molecule has 2 saturated heterocycles. The largest absolute Gasteiger partial charge is 0.488 e. The number of ether oxygens (including phenoxy) is 4. The van der Waals surface area contributed by atoms with Gasteiger partial charge in [0.1, 0.15) is 20.9 Å². The summed E-state index contributed by atoms with van der Waals surface area (Å²) in [4.78, 5) is 34.6. The molecule has 0 radical (unpaired) electrons. The molecule has 0 saturated carbocycles. The summed E-state index contributed by atoms with van der Waals surface area (Å²) in [5.74, 6) is 3.70. The lowest BCUT2D eigenvalue weighted by Gasteiger charge is -2.35. The Balaban J connectivity index is 0.000000154. The Kier molecular flexibility index (Phi) is 13.5. The van der Waals surface area contributed by atoms with Crippen molar-refractivity contribution < 1.29 is 35.8 Å². The van der Waals surface area contributed by atoms with Crippen molar-refractivity contribution in [2.24, 2.45) is 0 Å². The van der Waals surface area contributed by atoms with Gasteiger partial charge in [-0.25, -0.2) is 41.3 Å². The molecule has 0 bridgehead atoms. The van der Waals surface area contributed by atoms with Crippen molar-refractivity contribution in [1.82, 2.24) is 39.5 Å². The van der Waals surface area contributed by atoms with Crippen molar-refractivity contribution in [2.75, 3.05) is 99.8 Å². The van der Waals surface area contributed by atoms with Crippen LogP contribution in [0.1, 0.15) is 51.9 Å². The van der Waals surface area contributed by atoms with Crippen LogP contribution in [0, 0.1) is 0 Å². The number of anilines is 4. The lowest BCUT2D eigenvalue weighted by Crippen LogP contribution is -2.46. The van der Waals surface area contributed by atoms with Gasteiger partial charge in [0.2, 0.25) is 23.1 Å². The average Bonchev–Trinajstić information content (AvgIpc) is 3.79. The number of hydrogen-bond donors (Lipinski definition) is 3. The number of rotatable bonds is 7. The van der Waals surface area contributed by atoms with E-state index in [1.54, 1.807) is 34.7 Å². The van der Waals surface area contributed by atoms with Gasteiger partial charge in [0.05, 0.1) is 73.8 Å². The van der Waals surface area contributed by atoms with Gasteiger partial charge in [-0.15, -0.1) is 0 Å². The number of benzene rings is 2. The van der Waals surface area contributed by atoms with E-state index >= 15 is 0 Å². The van der Waals surface area contributed by atoms with Gasteiger partial charge >= 0.3 is 0 Å². The number of nitrogens with zero attached hydrogens (tertiary/aromatic N) is 9. The Morgan fingerprint density at radius 1 is 0.672 bits per heavy atom. The Hall–Kier alpha value is -5.55. The molecule has 0 spiro atoms. The number of morpholine rings is 2. The van der Waals surface area contributed by atoms with Gasteiger partial charge < -0.3 is 44.4 Å². The predicted molar refractivity (Wildman–Crippen MR) is 259 cm³/mol. The first kappa shape index (κ1) is 47.9. The highest BCUT2D eigenvalue weighted by Gasteiger charge is 2.43. The maximum Gasteiger partial charge on any atom is 0.239 e. The minimum atomic E-state index is -3.53. The van der Waals surface area contributed by atoms with Gasteiger partial charge in [-0.2, -0.15) is 9.97 Å². The normalized spacial score (nSPS) is 18.5. The van der Waals surface area contributed by atoms with Gasteiger partial charge in [-0.3, -0.25) is 0 Å². The van der Waals surface area contributed by atoms with E-state index in [0.717, 1.165) is 40.9 Å². The summed E-state index contributed by atoms with van der Waals surface area (Å²) in [6.45, 7) is 11.0. The standard InChI is InChI=1S/C22H28N6O4S.C14H20ClN3O4S.C8H9N3/c1-22(2,33(4,29)30)18-17-19(27-10-12-31-13-14(27)9-11-32-17)26-21(25-18)28-16-8-6-5-7-15(16)24-20(28)23-3;1-14(2,23(3,19)20)11-10-12(17-13(15)16-11)18-5-7-21-8-9(18)4-6-22-10;1-9-8-10-6-4-2-3-5-7(6)11-8/h5-8,14H,9-13H2,1-4H3,(H,23,24);9H,4-8H2,1-3H3;2-5H,1H3,(H2,9,10,11). The predicted octanol–water partition coefficient (Wildman–Crippen LogP) is 5.13. The Morgan fingerprint density at radius 3 is 1.76 bits per heavy atom. The number of H-pyrrole nitrogens is 1. The van der Waals surface area contributed by atoms with Gasteiger partial charge in [0.15, 0.2) is 42.8 Å². The zero-order valence-electron chi connectivity index (χ0n) is 38.8. The van der Waals surface area contributed by atoms with Crippen LogP contribution >= 0.6 is 11.6 Å². The molecule has 2 aromatic carbocycles. The van der Waals surface area contributed by atoms with E-state index in [2.05, 4.69) is 45.4 Å². The second kappa shape index (κ2) is 18.9. The lowest BCUT2D eigenvalue weighted by molar-refractivity contribution is 0.0894. The fourth-order valence-electron chi connectivity index (χ4n) is 8.17. The minimum Gasteiger partial charge on any atom is -0.488 e. The first-order valence-electron chi connectivity index (χ1n) is 22.0. The summed E-state index contributed by atoms with van der Waals surface area (Å²) >= 11 is 6.09. The molecule has 6 aromatic rings. The van der Waals surface area contributed by atoms with E-state index in [4.69, 9.17) is 40.5 Å². The zero-order valence-corrected chi connectivity index (χ0v) is 41.2. The molecule has 67 heavy (non-hydrogen) atoms. The molecule has 2 fully saturated rings. The van der Waals surface area contributed by atoms with Crippen molar-refractivity contribution in [2.45, 2.75) is 62.1 Å². The molecule has 0 amide bonds. The maximum atomic E-state index is 12.9. The molecular formula is C44H57ClN12O8S2. The van der Waals surface area contributed by atoms with Crippen molar-refractivity contribution in [3.8, 4) is 17.4 Å². The van der Waals surface area contributed by atoms with E-state index in [1.165, 1.54) is 12.5 Å². The van der Waals surface area contributed by atoms with Crippen LogP contribution in [-0.4, -0.2) is 148 Å². The smallest absolute Gasteiger partial charge is 0.239 e. The number of nitrogens with one attached hydrogen (secondary N) is 3. The van der Waals surface area contributed by atoms with E-state index in [9.17, 15) is 16.8 Å². The van der Waals surface area contributed by atoms with E-state index in [0.29, 0.717) is 99.2 Å². The second-order valence-corrected chi connectivity index (χ2v) is 23.0. The number of imidazole rings is 2. The molecule has 4 aliphatic heterocycles. The molecule has 2 atom stereocenters. The van der Waals surface area contributed by atoms with Crippen LogP contribution in [-0.2, 0) is 38.6 Å². The number of aromatic nitrogens is 8. The van der Waals surface area contributed by atoms with Crippen LogP contribution < -0.4 is 29.9 Å². The number of fused-ring (bicyclic) bond motifs is 8. The van der Waals surface area contributed by atoms with Crippen LogP contribution in [0.25, 0.3) is 28.0 Å². The number of aromatic amines is 1. The fourth-order valence-corrected chi connectivity index (χ4v) is 9.31. The van der Waals surface area contributed by atoms with E-state index in [1.807, 2.05) is 60.1 Å². The zero-order chi connectivity index (χ0) is 47.9. The van der Waals surface area contributed by atoms with Crippen LogP contribution in [0.5, 0.6) is 11.5 Å². The Morgan fingerprint density at radius 2 is 1.21 bits per heavy atom. The van der Waals surface area contributed by atoms with Crippen LogP contribution in [0.4, 0.5) is 23.5 Å². The van der Waals surface area contributed by atoms with Crippen molar-refractivity contribution in [3.05, 3.63) is 65.2 Å². The highest BCUT2D eigenvalue weighted by molar-refractivity contribution is 7.91. The molecule has 0 aliphatic carbocycles. The van der Waals surface area contributed by atoms with E-state index in [-0.39, 0.29) is 17.4 Å². The van der Waals surface area contributed by atoms with Gasteiger partial charge in [0.25, 0.3) is 0 Å². The SMILES string of the molecule is CC(C)(c1nc(Cl)nc2c1OCCC1COCCN21)S(C)(=O)=O.CNc1nc2ccccc2[nH]1.CNc1nc2ccccc2n1-c1nc2c(c(C(C)(C)S(C)(=O)=O)n1)OCCC1COCCN21. The molecule has 4 aliphatic rings. The monoisotopic (exact) mass is 980 g/mol. The lowest BCUT2D eigenvalue weighted by atomic mass is 10.1. The molecule has 20 nitrogen and oxygen atoms in total. The Bertz CT molecular complexity index is 2970. The topological polar surface area (TPSA) is 234 Å². The molecule has 4 aromatic heterocycles. The third-order valence-corrected chi connectivity index (χ3v) is 16.9. The van der Waals surface area contributed by atoms with Crippen LogP contribution in [0.2, 0.25) is 5.28 Å². The minimum absolute atomic E-state index is 0.0196. The van der Waals surface area contributed by atoms with Crippen molar-refractivity contribution in [3.63, 3.8) is 0 Å². The van der Waals surface area contributed by atoms with E-state index < -0.39 is 29.2 Å². The first-order chi connectivity index (χ1) is 31.8. The van der Waals surface area contributed by atoms with Crippen molar-refractivity contribution >= 4 is 76.9 Å². The maximum absolute atomic E-state index is 12.9. The molecule has 2 unspecified atom stereocenters. The number of halogens is 1. The number of para-hydroxylation sites is 4. The van der Waals surface area contributed by atoms with Crippen molar-refractivity contribution in [1.29, 1.82) is 0 Å². The number of sulfone groups is 2. The second-order valence-electron chi connectivity index (χ2n) is 17.6. The summed E-state index contributed by atoms with van der Waals surface area (Å²) in [7, 11) is -3.32. The molecule has 8 heterocycles.